The van der Waals surface area contributed by atoms with Crippen LogP contribution in [0, 0.1) is 0 Å². The van der Waals surface area contributed by atoms with E-state index in [0.29, 0.717) is 6.42 Å². The first-order valence-corrected chi connectivity index (χ1v) is 8.83. The fourth-order valence-corrected chi connectivity index (χ4v) is 3.00. The molecule has 4 nitrogen and oxygen atoms in total. The van der Waals surface area contributed by atoms with Crippen LogP contribution in [0.1, 0.15) is 45.7 Å². The van der Waals surface area contributed by atoms with Crippen LogP contribution in [0.15, 0.2) is 24.3 Å². The number of aliphatic hydroxyl groups is 1. The molecule has 1 aromatic carbocycles. The van der Waals surface area contributed by atoms with Gasteiger partial charge in [-0.3, -0.25) is 0 Å². The molecule has 0 atom stereocenters. The Kier molecular flexibility index (Phi) is 5.58. The highest BCUT2D eigenvalue weighted by atomic mass is 32.2. The minimum absolute atomic E-state index is 0.0257. The van der Waals surface area contributed by atoms with Crippen LogP contribution in [0.3, 0.4) is 0 Å². The van der Waals surface area contributed by atoms with Crippen molar-refractivity contribution in [3.8, 4) is 0 Å². The van der Waals surface area contributed by atoms with E-state index in [1.165, 1.54) is 5.56 Å². The summed E-state index contributed by atoms with van der Waals surface area (Å²) in [7, 11) is -3.36. The molecule has 0 radical (unpaired) electrons. The number of hydrogen-bond acceptors (Lipinski definition) is 3. The minimum Gasteiger partial charge on any atom is -0.389 e. The smallest absolute Gasteiger partial charge is 0.212 e. The average Bonchev–Trinajstić information content (AvgIpc) is 2.33. The Labute approximate surface area is 128 Å². The molecule has 0 bridgehead atoms. The van der Waals surface area contributed by atoms with Gasteiger partial charge in [0.1, 0.15) is 0 Å². The van der Waals surface area contributed by atoms with Gasteiger partial charge in [0.25, 0.3) is 0 Å². The molecule has 1 aromatic rings. The molecule has 0 aromatic heterocycles. The van der Waals surface area contributed by atoms with E-state index in [1.54, 1.807) is 13.8 Å². The van der Waals surface area contributed by atoms with E-state index >= 15 is 0 Å². The Morgan fingerprint density at radius 1 is 1.05 bits per heavy atom. The summed E-state index contributed by atoms with van der Waals surface area (Å²) in [5.41, 5.74) is 1.28. The van der Waals surface area contributed by atoms with Gasteiger partial charge >= 0.3 is 0 Å². The van der Waals surface area contributed by atoms with E-state index in [2.05, 4.69) is 25.5 Å². The molecule has 0 fully saturated rings. The Morgan fingerprint density at radius 2 is 1.57 bits per heavy atom. The van der Waals surface area contributed by atoms with E-state index < -0.39 is 15.6 Å². The highest BCUT2D eigenvalue weighted by Crippen LogP contribution is 2.22. The lowest BCUT2D eigenvalue weighted by atomic mass is 9.86. The van der Waals surface area contributed by atoms with E-state index in [1.807, 2.05) is 24.3 Å². The fraction of sp³-hybridized carbons (Fsp3) is 0.625. The van der Waals surface area contributed by atoms with E-state index in [-0.39, 0.29) is 17.7 Å². The summed E-state index contributed by atoms with van der Waals surface area (Å²) in [6.45, 7) is 9.60. The number of sulfonamides is 1. The Morgan fingerprint density at radius 3 is 2.00 bits per heavy atom. The number of rotatable bonds is 6. The monoisotopic (exact) mass is 313 g/mol. The number of benzene rings is 1. The van der Waals surface area contributed by atoms with E-state index in [0.717, 1.165) is 5.56 Å². The summed E-state index contributed by atoms with van der Waals surface area (Å²) >= 11 is 0. The summed E-state index contributed by atoms with van der Waals surface area (Å²) in [6, 6.07) is 8.05. The zero-order valence-corrected chi connectivity index (χ0v) is 14.4. The third-order valence-electron chi connectivity index (χ3n) is 3.20. The van der Waals surface area contributed by atoms with Crippen molar-refractivity contribution in [2.75, 3.05) is 12.3 Å². The first kappa shape index (κ1) is 18.1. The fourth-order valence-electron chi connectivity index (χ4n) is 1.78. The standard InChI is InChI=1S/C16H27NO3S/c1-15(2,3)14-8-6-13(7-9-14)10-11-21(19,20)17-12-16(4,5)18/h6-9,17-18H,10-12H2,1-5H3. The molecule has 0 amide bonds. The lowest BCUT2D eigenvalue weighted by molar-refractivity contribution is 0.0857. The van der Waals surface area contributed by atoms with Crippen molar-refractivity contribution in [1.29, 1.82) is 0 Å². The number of hydrogen-bond donors (Lipinski definition) is 2. The van der Waals surface area contributed by atoms with Gasteiger partial charge in [0.15, 0.2) is 0 Å². The van der Waals surface area contributed by atoms with Crippen LogP contribution in [-0.2, 0) is 21.9 Å². The zero-order valence-electron chi connectivity index (χ0n) is 13.6. The van der Waals surface area contributed by atoms with Gasteiger partial charge in [0.05, 0.1) is 11.4 Å². The van der Waals surface area contributed by atoms with Gasteiger partial charge in [0, 0.05) is 6.54 Å². The maximum absolute atomic E-state index is 11.9. The van der Waals surface area contributed by atoms with Gasteiger partial charge in [-0.25, -0.2) is 13.1 Å². The van der Waals surface area contributed by atoms with Gasteiger partial charge in [-0.2, -0.15) is 0 Å². The van der Waals surface area contributed by atoms with Gasteiger partial charge < -0.3 is 5.11 Å². The SMILES string of the molecule is CC(C)(O)CNS(=O)(=O)CCc1ccc(C(C)(C)C)cc1. The summed E-state index contributed by atoms with van der Waals surface area (Å²) < 4.78 is 26.1. The van der Waals surface area contributed by atoms with Crippen LogP contribution in [0.5, 0.6) is 0 Å². The molecule has 21 heavy (non-hydrogen) atoms. The highest BCUT2D eigenvalue weighted by Gasteiger charge is 2.18. The second-order valence-electron chi connectivity index (χ2n) is 7.15. The molecule has 1 rings (SSSR count). The first-order chi connectivity index (χ1) is 9.39. The molecule has 0 saturated heterocycles. The Balaban J connectivity index is 2.59. The summed E-state index contributed by atoms with van der Waals surface area (Å²) in [4.78, 5) is 0. The molecule has 0 aliphatic rings. The van der Waals surface area contributed by atoms with Gasteiger partial charge in [-0.1, -0.05) is 45.0 Å². The Bertz CT molecular complexity index is 549. The largest absolute Gasteiger partial charge is 0.389 e. The quantitative estimate of drug-likeness (QED) is 0.846. The molecule has 0 aliphatic heterocycles. The van der Waals surface area contributed by atoms with Crippen molar-refractivity contribution in [3.05, 3.63) is 35.4 Å². The molecule has 0 heterocycles. The second-order valence-corrected chi connectivity index (χ2v) is 9.08. The van der Waals surface area contributed by atoms with Crippen LogP contribution in [-0.4, -0.2) is 31.4 Å². The van der Waals surface area contributed by atoms with Crippen LogP contribution in [0.2, 0.25) is 0 Å². The molecular weight excluding hydrogens is 286 g/mol. The van der Waals surface area contributed by atoms with Crippen molar-refractivity contribution in [1.82, 2.24) is 4.72 Å². The maximum Gasteiger partial charge on any atom is 0.212 e. The van der Waals surface area contributed by atoms with E-state index in [9.17, 15) is 13.5 Å². The summed E-state index contributed by atoms with van der Waals surface area (Å²) in [5.74, 6) is 0.0257. The van der Waals surface area contributed by atoms with Crippen molar-refractivity contribution in [2.45, 2.75) is 52.1 Å². The van der Waals surface area contributed by atoms with Crippen LogP contribution >= 0.6 is 0 Å². The molecule has 0 unspecified atom stereocenters. The predicted octanol–water partition coefficient (Wildman–Crippen LogP) is 2.22. The topological polar surface area (TPSA) is 66.4 Å². The van der Waals surface area contributed by atoms with Gasteiger partial charge in [0.2, 0.25) is 10.0 Å². The van der Waals surface area contributed by atoms with Crippen molar-refractivity contribution in [2.24, 2.45) is 0 Å². The molecule has 0 spiro atoms. The lowest BCUT2D eigenvalue weighted by Gasteiger charge is -2.19. The molecule has 5 heteroatoms. The molecular formula is C16H27NO3S. The molecule has 0 aliphatic carbocycles. The van der Waals surface area contributed by atoms with Crippen molar-refractivity contribution in [3.63, 3.8) is 0 Å². The van der Waals surface area contributed by atoms with Crippen molar-refractivity contribution < 1.29 is 13.5 Å². The lowest BCUT2D eigenvalue weighted by Crippen LogP contribution is -2.39. The summed E-state index contributed by atoms with van der Waals surface area (Å²) in [5, 5.41) is 9.55. The van der Waals surface area contributed by atoms with Crippen LogP contribution in [0.25, 0.3) is 0 Å². The maximum atomic E-state index is 11.9. The van der Waals surface area contributed by atoms with Gasteiger partial charge in [-0.05, 0) is 36.8 Å². The second kappa shape index (κ2) is 6.46. The van der Waals surface area contributed by atoms with Crippen LogP contribution < -0.4 is 4.72 Å². The zero-order chi connectivity index (χ0) is 16.3. The van der Waals surface area contributed by atoms with Gasteiger partial charge in [-0.15, -0.1) is 0 Å². The minimum atomic E-state index is -3.36. The molecule has 0 saturated carbocycles. The number of aryl methyl sites for hydroxylation is 1. The number of nitrogens with one attached hydrogen (secondary N) is 1. The predicted molar refractivity (Wildman–Crippen MR) is 86.9 cm³/mol. The normalized spacial score (nSPS) is 13.4. The highest BCUT2D eigenvalue weighted by molar-refractivity contribution is 7.89. The molecule has 120 valence electrons. The average molecular weight is 313 g/mol. The summed E-state index contributed by atoms with van der Waals surface area (Å²) in [6.07, 6.45) is 0.464. The first-order valence-electron chi connectivity index (χ1n) is 7.18. The molecule has 2 N–H and O–H groups in total. The third kappa shape index (κ3) is 7.07. The third-order valence-corrected chi connectivity index (χ3v) is 4.53. The van der Waals surface area contributed by atoms with Crippen LogP contribution in [0.4, 0.5) is 0 Å². The Hall–Kier alpha value is -0.910. The van der Waals surface area contributed by atoms with Crippen molar-refractivity contribution >= 4 is 10.0 Å². The van der Waals surface area contributed by atoms with E-state index in [4.69, 9.17) is 0 Å².